The predicted molar refractivity (Wildman–Crippen MR) is 241 cm³/mol. The van der Waals surface area contributed by atoms with Crippen molar-refractivity contribution in [1.29, 1.82) is 0 Å². The Morgan fingerprint density at radius 2 is 0.804 bits per heavy atom. The Hall–Kier alpha value is -6.22. The third-order valence-corrected chi connectivity index (χ3v) is 13.3. The number of anilines is 2. The fraction of sp³-hybridized carbons (Fsp3) is 0.111. The monoisotopic (exact) mass is 737 g/mol. The van der Waals surface area contributed by atoms with Gasteiger partial charge in [-0.1, -0.05) is 161 Å². The van der Waals surface area contributed by atoms with Gasteiger partial charge in [0.25, 0.3) is 0 Å². The van der Waals surface area contributed by atoms with Gasteiger partial charge in [-0.25, -0.2) is 0 Å². The van der Waals surface area contributed by atoms with E-state index in [1.807, 2.05) is 11.3 Å². The van der Waals surface area contributed by atoms with Crippen molar-refractivity contribution in [3.05, 3.63) is 204 Å². The third kappa shape index (κ3) is 5.67. The second-order valence-corrected chi connectivity index (χ2v) is 17.3. The molecule has 1 heterocycles. The Bertz CT molecular complexity index is 2930. The molecule has 1 N–H and O–H groups in total. The van der Waals surface area contributed by atoms with Gasteiger partial charge in [-0.2, -0.15) is 0 Å². The van der Waals surface area contributed by atoms with Crippen LogP contribution in [-0.4, -0.2) is 0 Å². The first-order valence-electron chi connectivity index (χ1n) is 19.6. The molecule has 0 atom stereocenters. The van der Waals surface area contributed by atoms with Gasteiger partial charge in [0.05, 0.1) is 0 Å². The molecule has 0 unspecified atom stereocenters. The summed E-state index contributed by atoms with van der Waals surface area (Å²) in [4.78, 5) is 0. The molecule has 0 radical (unpaired) electrons. The van der Waals surface area contributed by atoms with Crippen LogP contribution in [0.4, 0.5) is 11.4 Å². The van der Waals surface area contributed by atoms with E-state index in [0.29, 0.717) is 0 Å². The highest BCUT2D eigenvalue weighted by Crippen LogP contribution is 2.52. The number of fused-ring (bicyclic) bond motifs is 9. The Morgan fingerprint density at radius 1 is 0.339 bits per heavy atom. The summed E-state index contributed by atoms with van der Waals surface area (Å²) in [6.45, 7) is 9.37. The first kappa shape index (κ1) is 34.3. The van der Waals surface area contributed by atoms with Crippen molar-refractivity contribution in [2.75, 3.05) is 5.32 Å². The summed E-state index contributed by atoms with van der Waals surface area (Å²) < 4.78 is 2.73. The Labute approximate surface area is 334 Å². The first-order valence-corrected chi connectivity index (χ1v) is 20.4. The van der Waals surface area contributed by atoms with Crippen LogP contribution >= 0.6 is 11.3 Å². The van der Waals surface area contributed by atoms with Gasteiger partial charge in [-0.05, 0) is 115 Å². The molecule has 2 heteroatoms. The van der Waals surface area contributed by atoms with Crippen LogP contribution in [0.5, 0.6) is 0 Å². The van der Waals surface area contributed by atoms with E-state index in [2.05, 4.69) is 215 Å². The summed E-state index contributed by atoms with van der Waals surface area (Å²) in [7, 11) is 0. The highest BCUT2D eigenvalue weighted by atomic mass is 32.1. The van der Waals surface area contributed by atoms with Gasteiger partial charge in [0.15, 0.2) is 0 Å². The maximum Gasteiger partial charge on any atom is 0.0387 e. The van der Waals surface area contributed by atoms with Crippen LogP contribution < -0.4 is 5.32 Å². The molecule has 270 valence electrons. The highest BCUT2D eigenvalue weighted by molar-refractivity contribution is 7.25. The molecule has 1 nitrogen and oxygen atoms in total. The molecule has 9 aromatic rings. The number of thiophene rings is 1. The van der Waals surface area contributed by atoms with E-state index in [4.69, 9.17) is 0 Å². The van der Waals surface area contributed by atoms with Crippen molar-refractivity contribution >= 4 is 42.9 Å². The van der Waals surface area contributed by atoms with Gasteiger partial charge in [0.1, 0.15) is 0 Å². The SMILES string of the molecule is CC1(C)c2ccccc2-c2ccc(Nc3ccc4c(c3)C(C)(C)c3cc(-c5ccccc5)ccc3-4)cc21.c1ccc(-c2ccc3sc4ccccc4c3c2)cc1. The van der Waals surface area contributed by atoms with Crippen LogP contribution in [0.2, 0.25) is 0 Å². The zero-order chi connectivity index (χ0) is 38.0. The number of hydrogen-bond acceptors (Lipinski definition) is 2. The van der Waals surface area contributed by atoms with Gasteiger partial charge >= 0.3 is 0 Å². The summed E-state index contributed by atoms with van der Waals surface area (Å²) in [5.41, 5.74) is 18.3. The Balaban J connectivity index is 0.000000169. The van der Waals surface area contributed by atoms with Gasteiger partial charge in [-0.15, -0.1) is 11.3 Å². The van der Waals surface area contributed by atoms with Crippen LogP contribution in [0.1, 0.15) is 49.9 Å². The molecular weight excluding hydrogens is 695 g/mol. The van der Waals surface area contributed by atoms with Crippen molar-refractivity contribution < 1.29 is 0 Å². The molecule has 2 aliphatic carbocycles. The van der Waals surface area contributed by atoms with Gasteiger partial charge in [-0.3, -0.25) is 0 Å². The second kappa shape index (κ2) is 13.2. The summed E-state index contributed by atoms with van der Waals surface area (Å²) in [5.74, 6) is 0. The van der Waals surface area contributed by atoms with E-state index in [0.717, 1.165) is 11.4 Å². The molecule has 56 heavy (non-hydrogen) atoms. The summed E-state index contributed by atoms with van der Waals surface area (Å²) in [5, 5.41) is 6.45. The van der Waals surface area contributed by atoms with E-state index in [-0.39, 0.29) is 10.8 Å². The fourth-order valence-electron chi connectivity index (χ4n) is 9.11. The lowest BCUT2D eigenvalue weighted by Crippen LogP contribution is -2.15. The van der Waals surface area contributed by atoms with Gasteiger partial charge in [0, 0.05) is 42.4 Å². The van der Waals surface area contributed by atoms with Crippen molar-refractivity contribution in [3.63, 3.8) is 0 Å². The molecule has 11 rings (SSSR count). The minimum atomic E-state index is -0.0608. The van der Waals surface area contributed by atoms with Crippen LogP contribution in [0.15, 0.2) is 182 Å². The molecule has 0 saturated heterocycles. The molecule has 0 fully saturated rings. The average molecular weight is 738 g/mol. The smallest absolute Gasteiger partial charge is 0.0387 e. The standard InChI is InChI=1S/C36H31N.C18H12S/c1-35(2)31-13-9-8-12-27(31)29-18-15-25(21-33(29)35)37-26-16-19-30-28-17-14-24(23-10-6-5-7-11-23)20-32(28)36(3,4)34(30)22-26;1-2-6-13(7-3-1)14-10-11-18-16(12-14)15-8-4-5-9-17(15)19-18/h5-22,37H,1-4H3;1-12H. The van der Waals surface area contributed by atoms with E-state index >= 15 is 0 Å². The number of nitrogens with one attached hydrogen (secondary N) is 1. The largest absolute Gasteiger partial charge is 0.356 e. The molecule has 1 aromatic heterocycles. The lowest BCUT2D eigenvalue weighted by molar-refractivity contribution is 0.660. The van der Waals surface area contributed by atoms with Gasteiger partial charge < -0.3 is 5.32 Å². The number of benzene rings is 8. The minimum Gasteiger partial charge on any atom is -0.356 e. The van der Waals surface area contributed by atoms with Crippen molar-refractivity contribution in [2.24, 2.45) is 0 Å². The van der Waals surface area contributed by atoms with E-state index < -0.39 is 0 Å². The highest BCUT2D eigenvalue weighted by Gasteiger charge is 2.37. The van der Waals surface area contributed by atoms with Crippen LogP contribution in [0.25, 0.3) is 64.7 Å². The Kier molecular flexibility index (Phi) is 8.09. The van der Waals surface area contributed by atoms with E-state index in [9.17, 15) is 0 Å². The van der Waals surface area contributed by atoms with Crippen LogP contribution in [0, 0.1) is 0 Å². The molecule has 0 spiro atoms. The van der Waals surface area contributed by atoms with Crippen molar-refractivity contribution in [3.8, 4) is 44.5 Å². The fourth-order valence-corrected chi connectivity index (χ4v) is 10.2. The molecule has 2 aliphatic rings. The summed E-state index contributed by atoms with van der Waals surface area (Å²) in [6, 6.07) is 66.1. The van der Waals surface area contributed by atoms with Crippen molar-refractivity contribution in [2.45, 2.75) is 38.5 Å². The zero-order valence-corrected chi connectivity index (χ0v) is 33.0. The molecule has 0 bridgehead atoms. The van der Waals surface area contributed by atoms with Crippen LogP contribution in [-0.2, 0) is 10.8 Å². The number of hydrogen-bond donors (Lipinski definition) is 1. The zero-order valence-electron chi connectivity index (χ0n) is 32.2. The molecule has 0 aliphatic heterocycles. The van der Waals surface area contributed by atoms with Crippen LogP contribution in [0.3, 0.4) is 0 Å². The van der Waals surface area contributed by atoms with E-state index in [1.54, 1.807) is 0 Å². The lowest BCUT2D eigenvalue weighted by Gasteiger charge is -2.23. The number of rotatable bonds is 4. The second-order valence-electron chi connectivity index (χ2n) is 16.2. The third-order valence-electron chi connectivity index (χ3n) is 12.1. The summed E-state index contributed by atoms with van der Waals surface area (Å²) >= 11 is 1.87. The quantitative estimate of drug-likeness (QED) is 0.190. The van der Waals surface area contributed by atoms with Crippen molar-refractivity contribution in [1.82, 2.24) is 0 Å². The first-order chi connectivity index (χ1) is 27.3. The van der Waals surface area contributed by atoms with E-state index in [1.165, 1.54) is 86.9 Å². The molecule has 0 amide bonds. The molecule has 0 saturated carbocycles. The maximum absolute atomic E-state index is 3.73. The lowest BCUT2D eigenvalue weighted by atomic mass is 9.81. The predicted octanol–water partition coefficient (Wildman–Crippen LogP) is 15.4. The normalized spacial score (nSPS) is 14.0. The average Bonchev–Trinajstić information content (AvgIpc) is 3.80. The minimum absolute atomic E-state index is 0.00163. The van der Waals surface area contributed by atoms with Gasteiger partial charge in [0.2, 0.25) is 0 Å². The molecular formula is C54H43NS. The molecule has 8 aromatic carbocycles. The maximum atomic E-state index is 3.73. The topological polar surface area (TPSA) is 12.0 Å². The summed E-state index contributed by atoms with van der Waals surface area (Å²) in [6.07, 6.45) is 0. The Morgan fingerprint density at radius 3 is 1.46 bits per heavy atom.